The predicted octanol–water partition coefficient (Wildman–Crippen LogP) is 0.775. The lowest BCUT2D eigenvalue weighted by Gasteiger charge is -2.13. The maximum Gasteiger partial charge on any atom is 0.327 e. The van der Waals surface area contributed by atoms with E-state index >= 15 is 0 Å². The topological polar surface area (TPSA) is 92.2 Å². The third-order valence-electron chi connectivity index (χ3n) is 2.09. The van der Waals surface area contributed by atoms with Gasteiger partial charge in [-0.15, -0.1) is 11.8 Å². The second-order valence-corrected chi connectivity index (χ2v) is 4.81. The molecule has 1 amide bonds. The zero-order chi connectivity index (χ0) is 13.7. The Morgan fingerprint density at radius 1 is 1.50 bits per heavy atom. The fraction of sp³-hybridized carbons (Fsp3) is 0.455. The van der Waals surface area contributed by atoms with E-state index in [1.165, 1.54) is 18.7 Å². The highest BCUT2D eigenvalue weighted by Crippen LogP contribution is 2.19. The molecule has 0 fully saturated rings. The van der Waals surface area contributed by atoms with Gasteiger partial charge in [0.1, 0.15) is 11.1 Å². The highest BCUT2D eigenvalue weighted by Gasteiger charge is 2.19. The van der Waals surface area contributed by atoms with Crippen molar-refractivity contribution in [3.05, 3.63) is 17.6 Å². The summed E-state index contributed by atoms with van der Waals surface area (Å²) in [6.45, 7) is 4.92. The van der Waals surface area contributed by atoms with Gasteiger partial charge in [0, 0.05) is 18.9 Å². The largest absolute Gasteiger partial charge is 0.480 e. The molecule has 98 valence electrons. The van der Waals surface area contributed by atoms with E-state index in [-0.39, 0.29) is 11.7 Å². The molecule has 0 spiro atoms. The molecule has 0 aliphatic rings. The van der Waals surface area contributed by atoms with Crippen molar-refractivity contribution in [2.45, 2.75) is 31.8 Å². The van der Waals surface area contributed by atoms with Crippen LogP contribution in [0.25, 0.3) is 0 Å². The number of aromatic nitrogens is 2. The standard InChI is InChI=1S/C11H15N3O3S/c1-6-4-12-7(2)10(13-6)18-5-9(11(16)17)14-8(3)15/h4,9H,5H2,1-3H3,(H,14,15)(H,16,17)/t9-/m0/s1. The number of aliphatic carboxylic acids is 1. The van der Waals surface area contributed by atoms with Gasteiger partial charge in [-0.2, -0.15) is 0 Å². The average Bonchev–Trinajstić information content (AvgIpc) is 2.27. The number of carbonyl (C=O) groups is 2. The Hall–Kier alpha value is -1.63. The molecule has 0 aromatic carbocycles. The quantitative estimate of drug-likeness (QED) is 0.767. The van der Waals surface area contributed by atoms with Crippen LogP contribution in [-0.2, 0) is 9.59 Å². The van der Waals surface area contributed by atoms with Crippen LogP contribution in [0.15, 0.2) is 11.2 Å². The summed E-state index contributed by atoms with van der Waals surface area (Å²) >= 11 is 1.27. The summed E-state index contributed by atoms with van der Waals surface area (Å²) in [6.07, 6.45) is 1.65. The van der Waals surface area contributed by atoms with Crippen LogP contribution in [0, 0.1) is 13.8 Å². The van der Waals surface area contributed by atoms with Gasteiger partial charge in [-0.3, -0.25) is 9.78 Å². The van der Waals surface area contributed by atoms with Crippen LogP contribution in [0.5, 0.6) is 0 Å². The van der Waals surface area contributed by atoms with Crippen LogP contribution >= 0.6 is 11.8 Å². The lowest BCUT2D eigenvalue weighted by atomic mass is 10.3. The molecule has 0 radical (unpaired) electrons. The van der Waals surface area contributed by atoms with Crippen molar-refractivity contribution in [3.63, 3.8) is 0 Å². The first-order valence-corrected chi connectivity index (χ1v) is 6.31. The van der Waals surface area contributed by atoms with Crippen molar-refractivity contribution in [1.29, 1.82) is 0 Å². The molecule has 0 unspecified atom stereocenters. The van der Waals surface area contributed by atoms with Gasteiger partial charge in [-0.1, -0.05) is 0 Å². The van der Waals surface area contributed by atoms with E-state index in [4.69, 9.17) is 5.11 Å². The monoisotopic (exact) mass is 269 g/mol. The van der Waals surface area contributed by atoms with Gasteiger partial charge in [0.15, 0.2) is 0 Å². The second kappa shape index (κ2) is 6.34. The molecule has 18 heavy (non-hydrogen) atoms. The van der Waals surface area contributed by atoms with Crippen molar-refractivity contribution >= 4 is 23.6 Å². The molecule has 1 heterocycles. The number of hydrogen-bond donors (Lipinski definition) is 2. The van der Waals surface area contributed by atoms with E-state index in [1.807, 2.05) is 13.8 Å². The summed E-state index contributed by atoms with van der Waals surface area (Å²) < 4.78 is 0. The van der Waals surface area contributed by atoms with Gasteiger partial charge in [-0.25, -0.2) is 9.78 Å². The van der Waals surface area contributed by atoms with Crippen LogP contribution in [0.3, 0.4) is 0 Å². The van der Waals surface area contributed by atoms with E-state index in [1.54, 1.807) is 6.20 Å². The number of carboxylic acid groups (broad SMARTS) is 1. The number of rotatable bonds is 5. The van der Waals surface area contributed by atoms with Gasteiger partial charge in [-0.05, 0) is 13.8 Å². The van der Waals surface area contributed by atoms with Crippen molar-refractivity contribution < 1.29 is 14.7 Å². The molecule has 6 nitrogen and oxygen atoms in total. The minimum Gasteiger partial charge on any atom is -0.480 e. The molecule has 2 N–H and O–H groups in total. The van der Waals surface area contributed by atoms with Crippen molar-refractivity contribution in [3.8, 4) is 0 Å². The predicted molar refractivity (Wildman–Crippen MR) is 67.5 cm³/mol. The minimum atomic E-state index is -1.06. The zero-order valence-electron chi connectivity index (χ0n) is 10.4. The zero-order valence-corrected chi connectivity index (χ0v) is 11.2. The van der Waals surface area contributed by atoms with E-state index < -0.39 is 12.0 Å². The number of nitrogens with one attached hydrogen (secondary N) is 1. The molecular weight excluding hydrogens is 254 g/mol. The van der Waals surface area contributed by atoms with Gasteiger partial charge in [0.25, 0.3) is 0 Å². The van der Waals surface area contributed by atoms with E-state index in [0.717, 1.165) is 11.4 Å². The van der Waals surface area contributed by atoms with Crippen molar-refractivity contribution in [2.75, 3.05) is 5.75 Å². The average molecular weight is 269 g/mol. The number of nitrogens with zero attached hydrogens (tertiary/aromatic N) is 2. The summed E-state index contributed by atoms with van der Waals surface area (Å²) in [7, 11) is 0. The Kier molecular flexibility index (Phi) is 5.08. The molecule has 0 aliphatic heterocycles. The third kappa shape index (κ3) is 4.33. The Labute approximate surface area is 109 Å². The Morgan fingerprint density at radius 3 is 2.72 bits per heavy atom. The Morgan fingerprint density at radius 2 is 2.17 bits per heavy atom. The van der Waals surface area contributed by atoms with E-state index in [9.17, 15) is 9.59 Å². The molecule has 7 heteroatoms. The molecule has 0 bridgehead atoms. The number of carboxylic acids is 1. The molecule has 0 saturated heterocycles. The third-order valence-corrected chi connectivity index (χ3v) is 3.25. The molecule has 1 aromatic rings. The van der Waals surface area contributed by atoms with E-state index in [0.29, 0.717) is 5.03 Å². The molecule has 0 saturated carbocycles. The molecule has 1 aromatic heterocycles. The SMILES string of the molecule is CC(=O)N[C@@H](CSc1nc(C)cnc1C)C(=O)O. The maximum absolute atomic E-state index is 10.9. The smallest absolute Gasteiger partial charge is 0.327 e. The number of thioether (sulfide) groups is 1. The lowest BCUT2D eigenvalue weighted by Crippen LogP contribution is -2.41. The first-order chi connectivity index (χ1) is 8.40. The van der Waals surface area contributed by atoms with E-state index in [2.05, 4.69) is 15.3 Å². The molecule has 1 rings (SSSR count). The van der Waals surface area contributed by atoms with Gasteiger partial charge >= 0.3 is 5.97 Å². The normalized spacial score (nSPS) is 11.9. The van der Waals surface area contributed by atoms with Crippen molar-refractivity contribution in [2.24, 2.45) is 0 Å². The maximum atomic E-state index is 10.9. The fourth-order valence-electron chi connectivity index (χ4n) is 1.23. The highest BCUT2D eigenvalue weighted by molar-refractivity contribution is 7.99. The first-order valence-electron chi connectivity index (χ1n) is 5.33. The highest BCUT2D eigenvalue weighted by atomic mass is 32.2. The summed E-state index contributed by atoms with van der Waals surface area (Å²) in [6, 6.07) is -0.922. The minimum absolute atomic E-state index is 0.216. The van der Waals surface area contributed by atoms with Crippen LogP contribution in [0.2, 0.25) is 0 Å². The van der Waals surface area contributed by atoms with Crippen LogP contribution in [0.4, 0.5) is 0 Å². The lowest BCUT2D eigenvalue weighted by molar-refractivity contribution is -0.140. The molecule has 0 aliphatic carbocycles. The number of amides is 1. The van der Waals surface area contributed by atoms with Crippen LogP contribution in [0.1, 0.15) is 18.3 Å². The Balaban J connectivity index is 2.69. The first kappa shape index (κ1) is 14.4. The van der Waals surface area contributed by atoms with Gasteiger partial charge in [0.2, 0.25) is 5.91 Å². The van der Waals surface area contributed by atoms with Gasteiger partial charge in [0.05, 0.1) is 11.4 Å². The molecule has 1 atom stereocenters. The fourth-order valence-corrected chi connectivity index (χ4v) is 2.26. The summed E-state index contributed by atoms with van der Waals surface area (Å²) in [4.78, 5) is 30.2. The number of carbonyl (C=O) groups excluding carboxylic acids is 1. The second-order valence-electron chi connectivity index (χ2n) is 3.80. The summed E-state index contributed by atoms with van der Waals surface area (Å²) in [5, 5.41) is 12.0. The van der Waals surface area contributed by atoms with Crippen LogP contribution < -0.4 is 5.32 Å². The van der Waals surface area contributed by atoms with Crippen LogP contribution in [-0.4, -0.2) is 38.7 Å². The number of aryl methyl sites for hydroxylation is 2. The summed E-state index contributed by atoms with van der Waals surface area (Å²) in [5.41, 5.74) is 1.52. The summed E-state index contributed by atoms with van der Waals surface area (Å²) in [5.74, 6) is -1.21. The van der Waals surface area contributed by atoms with Crippen molar-refractivity contribution in [1.82, 2.24) is 15.3 Å². The Bertz CT molecular complexity index is 465. The number of hydrogen-bond acceptors (Lipinski definition) is 5. The molecular formula is C11H15N3O3S. The van der Waals surface area contributed by atoms with Gasteiger partial charge < -0.3 is 10.4 Å².